The Kier molecular flexibility index (Phi) is 5.36. The minimum Gasteiger partial charge on any atom is -0.291 e. The predicted molar refractivity (Wildman–Crippen MR) is 102 cm³/mol. The van der Waals surface area contributed by atoms with Crippen LogP contribution in [0.3, 0.4) is 0 Å². The first-order valence-corrected chi connectivity index (χ1v) is 8.70. The number of carbonyl (C=O) groups is 1. The Morgan fingerprint density at radius 3 is 2.85 bits per heavy atom. The first kappa shape index (κ1) is 18.4. The van der Waals surface area contributed by atoms with Crippen molar-refractivity contribution in [1.29, 1.82) is 0 Å². The SMILES string of the molecule is CC(=O)N(c1nc(/C=N\Nc2nc(C)cc(=O)[nH]2)cs1)c1ccccc1F. The summed E-state index contributed by atoms with van der Waals surface area (Å²) in [4.78, 5) is 35.5. The second-order valence-corrected chi connectivity index (χ2v) is 6.30. The lowest BCUT2D eigenvalue weighted by molar-refractivity contribution is -0.115. The van der Waals surface area contributed by atoms with Gasteiger partial charge in [-0.15, -0.1) is 11.3 Å². The highest BCUT2D eigenvalue weighted by molar-refractivity contribution is 7.14. The van der Waals surface area contributed by atoms with Gasteiger partial charge in [0, 0.05) is 24.1 Å². The highest BCUT2D eigenvalue weighted by Crippen LogP contribution is 2.30. The van der Waals surface area contributed by atoms with Crippen molar-refractivity contribution in [3.8, 4) is 0 Å². The van der Waals surface area contributed by atoms with Gasteiger partial charge in [-0.25, -0.2) is 19.8 Å². The van der Waals surface area contributed by atoms with E-state index in [4.69, 9.17) is 0 Å². The zero-order valence-corrected chi connectivity index (χ0v) is 15.2. The Bertz CT molecular complexity index is 1060. The zero-order chi connectivity index (χ0) is 19.4. The summed E-state index contributed by atoms with van der Waals surface area (Å²) in [6.45, 7) is 3.03. The van der Waals surface area contributed by atoms with Crippen LogP contribution in [0, 0.1) is 12.7 Å². The minimum absolute atomic E-state index is 0.127. The van der Waals surface area contributed by atoms with Crippen molar-refractivity contribution in [2.75, 3.05) is 10.3 Å². The van der Waals surface area contributed by atoms with Crippen LogP contribution in [-0.2, 0) is 4.79 Å². The number of hydrogen-bond acceptors (Lipinski definition) is 7. The molecule has 2 N–H and O–H groups in total. The number of rotatable bonds is 5. The molecule has 3 rings (SSSR count). The predicted octanol–water partition coefficient (Wildman–Crippen LogP) is 2.80. The van der Waals surface area contributed by atoms with Crippen LogP contribution in [0.5, 0.6) is 0 Å². The van der Waals surface area contributed by atoms with E-state index in [-0.39, 0.29) is 23.1 Å². The number of anilines is 3. The number of carbonyl (C=O) groups excluding carboxylic acids is 1. The van der Waals surface area contributed by atoms with Crippen molar-refractivity contribution in [2.45, 2.75) is 13.8 Å². The third-order valence-electron chi connectivity index (χ3n) is 3.35. The molecule has 0 saturated carbocycles. The first-order chi connectivity index (χ1) is 12.9. The minimum atomic E-state index is -0.519. The molecule has 0 atom stereocenters. The third-order valence-corrected chi connectivity index (χ3v) is 4.19. The fourth-order valence-electron chi connectivity index (χ4n) is 2.27. The van der Waals surface area contributed by atoms with Gasteiger partial charge < -0.3 is 0 Å². The van der Waals surface area contributed by atoms with Crippen LogP contribution in [0.15, 0.2) is 45.6 Å². The van der Waals surface area contributed by atoms with E-state index in [1.54, 1.807) is 24.4 Å². The number of nitrogens with one attached hydrogen (secondary N) is 2. The summed E-state index contributed by atoms with van der Waals surface area (Å²) in [7, 11) is 0. The maximum atomic E-state index is 14.1. The number of para-hydroxylation sites is 1. The average Bonchev–Trinajstić information content (AvgIpc) is 3.04. The van der Waals surface area contributed by atoms with Gasteiger partial charge in [0.15, 0.2) is 5.13 Å². The molecule has 2 heterocycles. The smallest absolute Gasteiger partial charge is 0.252 e. The number of aryl methyl sites for hydroxylation is 1. The number of halogens is 1. The quantitative estimate of drug-likeness (QED) is 0.518. The highest BCUT2D eigenvalue weighted by atomic mass is 32.1. The van der Waals surface area contributed by atoms with Gasteiger partial charge in [0.2, 0.25) is 11.9 Å². The van der Waals surface area contributed by atoms with Crippen LogP contribution >= 0.6 is 11.3 Å². The Balaban J connectivity index is 1.79. The molecular formula is C17H15FN6O2S. The molecule has 0 aliphatic rings. The highest BCUT2D eigenvalue weighted by Gasteiger charge is 2.20. The van der Waals surface area contributed by atoms with E-state index in [9.17, 15) is 14.0 Å². The van der Waals surface area contributed by atoms with E-state index in [0.29, 0.717) is 16.5 Å². The van der Waals surface area contributed by atoms with Crippen LogP contribution in [0.25, 0.3) is 0 Å². The molecule has 0 aliphatic heterocycles. The monoisotopic (exact) mass is 386 g/mol. The van der Waals surface area contributed by atoms with Crippen molar-refractivity contribution >= 4 is 40.2 Å². The van der Waals surface area contributed by atoms with Crippen LogP contribution in [0.4, 0.5) is 21.2 Å². The summed E-state index contributed by atoms with van der Waals surface area (Å²) in [5, 5.41) is 5.95. The molecule has 27 heavy (non-hydrogen) atoms. The van der Waals surface area contributed by atoms with Crippen molar-refractivity contribution in [1.82, 2.24) is 15.0 Å². The van der Waals surface area contributed by atoms with Crippen LogP contribution in [0.1, 0.15) is 18.3 Å². The lowest BCUT2D eigenvalue weighted by Gasteiger charge is -2.18. The second-order valence-electron chi connectivity index (χ2n) is 5.47. The molecule has 0 unspecified atom stereocenters. The van der Waals surface area contributed by atoms with E-state index < -0.39 is 5.82 Å². The molecule has 0 fully saturated rings. The lowest BCUT2D eigenvalue weighted by Crippen LogP contribution is -2.23. The topological polar surface area (TPSA) is 103 Å². The number of nitrogens with zero attached hydrogens (tertiary/aromatic N) is 4. The molecule has 0 radical (unpaired) electrons. The first-order valence-electron chi connectivity index (χ1n) is 7.82. The van der Waals surface area contributed by atoms with Gasteiger partial charge in [-0.05, 0) is 19.1 Å². The van der Waals surface area contributed by atoms with E-state index >= 15 is 0 Å². The number of benzene rings is 1. The summed E-state index contributed by atoms with van der Waals surface area (Å²) >= 11 is 1.18. The number of H-pyrrole nitrogens is 1. The molecule has 0 bridgehead atoms. The zero-order valence-electron chi connectivity index (χ0n) is 14.4. The molecule has 10 heteroatoms. The van der Waals surface area contributed by atoms with Crippen molar-refractivity contribution in [3.63, 3.8) is 0 Å². The van der Waals surface area contributed by atoms with Gasteiger partial charge in [-0.3, -0.25) is 19.5 Å². The van der Waals surface area contributed by atoms with Gasteiger partial charge in [0.1, 0.15) is 5.82 Å². The van der Waals surface area contributed by atoms with Crippen LogP contribution in [-0.4, -0.2) is 27.1 Å². The molecule has 0 spiro atoms. The lowest BCUT2D eigenvalue weighted by atomic mass is 10.3. The largest absolute Gasteiger partial charge is 0.291 e. The molecular weight excluding hydrogens is 371 g/mol. The summed E-state index contributed by atoms with van der Waals surface area (Å²) < 4.78 is 14.1. The fourth-order valence-corrected chi connectivity index (χ4v) is 3.10. The van der Waals surface area contributed by atoms with Crippen LogP contribution in [0.2, 0.25) is 0 Å². The molecule has 3 aromatic rings. The summed E-state index contributed by atoms with van der Waals surface area (Å²) in [6.07, 6.45) is 1.40. The van der Waals surface area contributed by atoms with Gasteiger partial charge in [-0.1, -0.05) is 12.1 Å². The second kappa shape index (κ2) is 7.87. The molecule has 0 aliphatic carbocycles. The van der Waals surface area contributed by atoms with E-state index in [0.717, 1.165) is 0 Å². The van der Waals surface area contributed by atoms with Gasteiger partial charge in [0.25, 0.3) is 5.56 Å². The Morgan fingerprint density at radius 2 is 2.15 bits per heavy atom. The van der Waals surface area contributed by atoms with Crippen LogP contribution < -0.4 is 15.9 Å². The van der Waals surface area contributed by atoms with Crippen molar-refractivity contribution in [2.24, 2.45) is 5.10 Å². The number of amides is 1. The maximum Gasteiger partial charge on any atom is 0.252 e. The molecule has 0 saturated heterocycles. The third kappa shape index (κ3) is 4.42. The van der Waals surface area contributed by atoms with Crippen molar-refractivity contribution in [3.05, 3.63) is 63.3 Å². The number of hydrogen-bond donors (Lipinski definition) is 2. The van der Waals surface area contributed by atoms with Gasteiger partial charge in [-0.2, -0.15) is 5.10 Å². The summed E-state index contributed by atoms with van der Waals surface area (Å²) in [5.74, 6) is -0.685. The Hall–Kier alpha value is -3.40. The van der Waals surface area contributed by atoms with E-state index in [1.807, 2.05) is 0 Å². The molecule has 8 nitrogen and oxygen atoms in total. The van der Waals surface area contributed by atoms with Gasteiger partial charge in [0.05, 0.1) is 17.6 Å². The molecule has 2 aromatic heterocycles. The van der Waals surface area contributed by atoms with Gasteiger partial charge >= 0.3 is 0 Å². The molecule has 138 valence electrons. The molecule has 1 aromatic carbocycles. The fraction of sp³-hybridized carbons (Fsp3) is 0.118. The average molecular weight is 386 g/mol. The molecule has 1 amide bonds. The Morgan fingerprint density at radius 1 is 1.37 bits per heavy atom. The number of thiazole rings is 1. The number of aromatic amines is 1. The maximum absolute atomic E-state index is 14.1. The summed E-state index contributed by atoms with van der Waals surface area (Å²) in [5.41, 5.74) is 3.45. The van der Waals surface area contributed by atoms with E-state index in [2.05, 4.69) is 25.5 Å². The standard InChI is InChI=1S/C17H15FN6O2S/c1-10-7-15(26)22-16(20-10)23-19-8-12-9-27-17(21-12)24(11(2)25)14-6-4-3-5-13(14)18/h3-9H,1-2H3,(H2,20,22,23,26)/b19-8-. The normalized spacial score (nSPS) is 10.9. The Labute approximate surface area is 157 Å². The van der Waals surface area contributed by atoms with Crippen molar-refractivity contribution < 1.29 is 9.18 Å². The summed E-state index contributed by atoms with van der Waals surface area (Å²) in [6, 6.07) is 7.34. The number of hydrazone groups is 1. The van der Waals surface area contributed by atoms with E-state index in [1.165, 1.54) is 47.6 Å². The number of aromatic nitrogens is 3.